The molecule has 1 amide bonds. The standard InChI is InChI=1S/C16H20FN5O2S/c1-10-5-6-12(8-14(10)17)18-15(23)11(2)25-16-19-20-21-22(16)9-13-4-3-7-24-13/h5-6,8,11,13H,3-4,7,9H2,1-2H3,(H,18,23). The van der Waals surface area contributed by atoms with E-state index in [0.29, 0.717) is 23.0 Å². The number of hydrogen-bond acceptors (Lipinski definition) is 6. The summed E-state index contributed by atoms with van der Waals surface area (Å²) in [5.41, 5.74) is 0.966. The second-order valence-electron chi connectivity index (χ2n) is 5.99. The molecule has 9 heteroatoms. The van der Waals surface area contributed by atoms with Crippen LogP contribution in [0.25, 0.3) is 0 Å². The molecular weight excluding hydrogens is 345 g/mol. The summed E-state index contributed by atoms with van der Waals surface area (Å²) < 4.78 is 20.8. The molecule has 1 aliphatic rings. The summed E-state index contributed by atoms with van der Waals surface area (Å²) in [7, 11) is 0. The van der Waals surface area contributed by atoms with Crippen molar-refractivity contribution in [3.8, 4) is 0 Å². The highest BCUT2D eigenvalue weighted by atomic mass is 32.2. The Morgan fingerprint density at radius 1 is 1.56 bits per heavy atom. The molecule has 2 atom stereocenters. The van der Waals surface area contributed by atoms with Gasteiger partial charge in [-0.1, -0.05) is 17.8 Å². The van der Waals surface area contributed by atoms with Crippen LogP contribution in [0.15, 0.2) is 23.4 Å². The molecule has 0 bridgehead atoms. The molecule has 2 aromatic rings. The molecule has 25 heavy (non-hydrogen) atoms. The van der Waals surface area contributed by atoms with Crippen molar-refractivity contribution in [1.29, 1.82) is 0 Å². The molecule has 7 nitrogen and oxygen atoms in total. The fourth-order valence-corrected chi connectivity index (χ4v) is 3.30. The van der Waals surface area contributed by atoms with Crippen LogP contribution in [-0.4, -0.2) is 44.1 Å². The van der Waals surface area contributed by atoms with E-state index in [-0.39, 0.29) is 17.8 Å². The highest BCUT2D eigenvalue weighted by molar-refractivity contribution is 8.00. The smallest absolute Gasteiger partial charge is 0.237 e. The van der Waals surface area contributed by atoms with Crippen LogP contribution in [0.1, 0.15) is 25.3 Å². The molecule has 2 unspecified atom stereocenters. The normalized spacial score (nSPS) is 18.3. The fraction of sp³-hybridized carbons (Fsp3) is 0.500. The monoisotopic (exact) mass is 365 g/mol. The summed E-state index contributed by atoms with van der Waals surface area (Å²) in [6, 6.07) is 4.62. The number of aromatic nitrogens is 4. The summed E-state index contributed by atoms with van der Waals surface area (Å²) >= 11 is 1.26. The van der Waals surface area contributed by atoms with Gasteiger partial charge in [0.15, 0.2) is 0 Å². The van der Waals surface area contributed by atoms with E-state index in [2.05, 4.69) is 20.8 Å². The number of aryl methyl sites for hydroxylation is 1. The van der Waals surface area contributed by atoms with Gasteiger partial charge in [0.25, 0.3) is 0 Å². The lowest BCUT2D eigenvalue weighted by Crippen LogP contribution is -2.24. The number of tetrazole rings is 1. The predicted molar refractivity (Wildman–Crippen MR) is 91.9 cm³/mol. The van der Waals surface area contributed by atoms with E-state index < -0.39 is 5.25 Å². The van der Waals surface area contributed by atoms with Crippen LogP contribution in [0, 0.1) is 12.7 Å². The molecule has 1 aliphatic heterocycles. The second-order valence-corrected chi connectivity index (χ2v) is 7.30. The molecule has 0 saturated carbocycles. The maximum Gasteiger partial charge on any atom is 0.237 e. The SMILES string of the molecule is Cc1ccc(NC(=O)C(C)Sc2nnnn2CC2CCCO2)cc1F. The highest BCUT2D eigenvalue weighted by Crippen LogP contribution is 2.23. The molecular formula is C16H20FN5O2S. The number of benzene rings is 1. The molecule has 0 spiro atoms. The first kappa shape index (κ1) is 17.8. The minimum Gasteiger partial charge on any atom is -0.376 e. The van der Waals surface area contributed by atoms with Gasteiger partial charge in [-0.15, -0.1) is 5.10 Å². The Morgan fingerprint density at radius 3 is 3.12 bits per heavy atom. The van der Waals surface area contributed by atoms with Gasteiger partial charge in [0.1, 0.15) is 5.82 Å². The number of anilines is 1. The van der Waals surface area contributed by atoms with E-state index in [1.165, 1.54) is 17.8 Å². The minimum atomic E-state index is -0.432. The first-order valence-corrected chi connectivity index (χ1v) is 9.02. The molecule has 0 radical (unpaired) electrons. The van der Waals surface area contributed by atoms with Gasteiger partial charge in [-0.05, 0) is 54.8 Å². The van der Waals surface area contributed by atoms with Gasteiger partial charge in [-0.25, -0.2) is 9.07 Å². The van der Waals surface area contributed by atoms with E-state index in [1.54, 1.807) is 30.7 Å². The number of nitrogens with one attached hydrogen (secondary N) is 1. The van der Waals surface area contributed by atoms with Crippen LogP contribution in [0.3, 0.4) is 0 Å². The highest BCUT2D eigenvalue weighted by Gasteiger charge is 2.22. The van der Waals surface area contributed by atoms with E-state index in [4.69, 9.17) is 4.74 Å². The minimum absolute atomic E-state index is 0.113. The number of carbonyl (C=O) groups excluding carboxylic acids is 1. The molecule has 0 aliphatic carbocycles. The van der Waals surface area contributed by atoms with E-state index in [9.17, 15) is 9.18 Å². The Balaban J connectivity index is 1.59. The van der Waals surface area contributed by atoms with Crippen molar-refractivity contribution in [3.63, 3.8) is 0 Å². The van der Waals surface area contributed by atoms with Gasteiger partial charge in [-0.3, -0.25) is 4.79 Å². The van der Waals surface area contributed by atoms with Crippen LogP contribution >= 0.6 is 11.8 Å². The average Bonchev–Trinajstić information content (AvgIpc) is 3.24. The fourth-order valence-electron chi connectivity index (χ4n) is 2.50. The number of nitrogens with zero attached hydrogens (tertiary/aromatic N) is 4. The van der Waals surface area contributed by atoms with Gasteiger partial charge in [0.2, 0.25) is 11.1 Å². The Kier molecular flexibility index (Phi) is 5.64. The number of rotatable bonds is 6. The number of amides is 1. The molecule has 3 rings (SSSR count). The maximum absolute atomic E-state index is 13.6. The van der Waals surface area contributed by atoms with E-state index in [1.807, 2.05) is 0 Å². The van der Waals surface area contributed by atoms with Gasteiger partial charge in [-0.2, -0.15) is 0 Å². The number of thioether (sulfide) groups is 1. The van der Waals surface area contributed by atoms with E-state index in [0.717, 1.165) is 19.4 Å². The number of hydrogen-bond donors (Lipinski definition) is 1. The van der Waals surface area contributed by atoms with Gasteiger partial charge in [0.05, 0.1) is 17.9 Å². The number of ether oxygens (including phenoxy) is 1. The Morgan fingerprint density at radius 2 is 2.40 bits per heavy atom. The summed E-state index contributed by atoms with van der Waals surface area (Å²) in [6.45, 7) is 4.77. The molecule has 134 valence electrons. The summed E-state index contributed by atoms with van der Waals surface area (Å²) in [5.74, 6) is -0.585. The molecule has 1 fully saturated rings. The second kappa shape index (κ2) is 7.92. The molecule has 1 N–H and O–H groups in total. The number of halogens is 1. The maximum atomic E-state index is 13.6. The van der Waals surface area contributed by atoms with Gasteiger partial charge >= 0.3 is 0 Å². The first-order valence-electron chi connectivity index (χ1n) is 8.14. The molecule has 1 aromatic carbocycles. The van der Waals surface area contributed by atoms with Crippen LogP contribution < -0.4 is 5.32 Å². The lowest BCUT2D eigenvalue weighted by molar-refractivity contribution is -0.115. The first-order chi connectivity index (χ1) is 12.0. The van der Waals surface area contributed by atoms with Gasteiger partial charge < -0.3 is 10.1 Å². The van der Waals surface area contributed by atoms with Crippen molar-refractivity contribution in [2.24, 2.45) is 0 Å². The molecule has 1 aromatic heterocycles. The van der Waals surface area contributed by atoms with Crippen molar-refractivity contribution < 1.29 is 13.9 Å². The van der Waals surface area contributed by atoms with E-state index >= 15 is 0 Å². The third-order valence-corrected chi connectivity index (χ3v) is 5.06. The lowest BCUT2D eigenvalue weighted by atomic mass is 10.2. The van der Waals surface area contributed by atoms with Crippen molar-refractivity contribution in [3.05, 3.63) is 29.6 Å². The van der Waals surface area contributed by atoms with Crippen LogP contribution in [0.2, 0.25) is 0 Å². The Labute approximate surface area is 149 Å². The van der Waals surface area contributed by atoms with Crippen LogP contribution in [-0.2, 0) is 16.1 Å². The Hall–Kier alpha value is -2.00. The zero-order chi connectivity index (χ0) is 17.8. The molecule has 2 heterocycles. The number of carbonyl (C=O) groups is 1. The lowest BCUT2D eigenvalue weighted by Gasteiger charge is -2.13. The summed E-state index contributed by atoms with van der Waals surface area (Å²) in [4.78, 5) is 12.3. The summed E-state index contributed by atoms with van der Waals surface area (Å²) in [5, 5.41) is 14.5. The van der Waals surface area contributed by atoms with Crippen LogP contribution in [0.4, 0.5) is 10.1 Å². The zero-order valence-corrected chi connectivity index (χ0v) is 14.9. The third-order valence-electron chi connectivity index (χ3n) is 3.99. The average molecular weight is 365 g/mol. The molecule has 1 saturated heterocycles. The predicted octanol–water partition coefficient (Wildman–Crippen LogP) is 2.42. The van der Waals surface area contributed by atoms with Crippen molar-refractivity contribution >= 4 is 23.4 Å². The van der Waals surface area contributed by atoms with Gasteiger partial charge in [0, 0.05) is 12.3 Å². The van der Waals surface area contributed by atoms with Crippen molar-refractivity contribution in [2.45, 2.75) is 49.7 Å². The van der Waals surface area contributed by atoms with Crippen molar-refractivity contribution in [1.82, 2.24) is 20.2 Å². The topological polar surface area (TPSA) is 81.9 Å². The van der Waals surface area contributed by atoms with Crippen LogP contribution in [0.5, 0.6) is 0 Å². The third kappa shape index (κ3) is 4.55. The Bertz CT molecular complexity index is 748. The zero-order valence-electron chi connectivity index (χ0n) is 14.1. The largest absolute Gasteiger partial charge is 0.376 e. The quantitative estimate of drug-likeness (QED) is 0.792. The van der Waals surface area contributed by atoms with Crippen molar-refractivity contribution in [2.75, 3.05) is 11.9 Å². The summed E-state index contributed by atoms with van der Waals surface area (Å²) in [6.07, 6.45) is 2.14.